The summed E-state index contributed by atoms with van der Waals surface area (Å²) in [7, 11) is -3.77. The molecular weight excluding hydrogens is 344 g/mol. The van der Waals surface area contributed by atoms with Crippen molar-refractivity contribution in [3.8, 4) is 11.5 Å². The minimum atomic E-state index is -3.77. The molecule has 1 aromatic heterocycles. The van der Waals surface area contributed by atoms with E-state index in [-0.39, 0.29) is 16.6 Å². The molecule has 136 valence electrons. The van der Waals surface area contributed by atoms with Crippen molar-refractivity contribution >= 4 is 10.0 Å². The first-order valence-electron chi connectivity index (χ1n) is 8.14. The molecular formula is C17H22N2O5S. The summed E-state index contributed by atoms with van der Waals surface area (Å²) < 4.78 is 44.6. The monoisotopic (exact) mass is 366 g/mol. The molecule has 2 heterocycles. The summed E-state index contributed by atoms with van der Waals surface area (Å²) in [5.41, 5.74) is 1.16. The number of rotatable bonds is 5. The Morgan fingerprint density at radius 3 is 2.40 bits per heavy atom. The van der Waals surface area contributed by atoms with Gasteiger partial charge >= 0.3 is 0 Å². The van der Waals surface area contributed by atoms with Crippen LogP contribution >= 0.6 is 0 Å². The fraction of sp³-hybridized carbons (Fsp3) is 0.471. The van der Waals surface area contributed by atoms with Crippen LogP contribution in [0.3, 0.4) is 0 Å². The van der Waals surface area contributed by atoms with Crippen LogP contribution < -0.4 is 14.2 Å². The second-order valence-electron chi connectivity index (χ2n) is 6.40. The van der Waals surface area contributed by atoms with Crippen LogP contribution in [-0.4, -0.2) is 26.8 Å². The average molecular weight is 366 g/mol. The van der Waals surface area contributed by atoms with Gasteiger partial charge in [0.25, 0.3) is 0 Å². The molecule has 0 amide bonds. The highest BCUT2D eigenvalue weighted by Gasteiger charge is 2.29. The molecule has 2 aromatic rings. The SMILES string of the molecule is Cc1noc(C)c1S(=O)(=O)N[C@H](c1ccc2c(c1)OCCO2)C(C)C. The molecule has 1 atom stereocenters. The lowest BCUT2D eigenvalue weighted by Gasteiger charge is -2.25. The highest BCUT2D eigenvalue weighted by Crippen LogP contribution is 2.35. The Kier molecular flexibility index (Phi) is 4.75. The van der Waals surface area contributed by atoms with E-state index in [2.05, 4.69) is 9.88 Å². The molecule has 8 heteroatoms. The number of nitrogens with one attached hydrogen (secondary N) is 1. The summed E-state index contributed by atoms with van der Waals surface area (Å²) in [6.45, 7) is 8.10. The van der Waals surface area contributed by atoms with Crippen LogP contribution in [0.25, 0.3) is 0 Å². The molecule has 1 aliphatic rings. The Hall–Kier alpha value is -2.06. The normalized spacial score (nSPS) is 15.4. The van der Waals surface area contributed by atoms with E-state index in [0.29, 0.717) is 30.4 Å². The van der Waals surface area contributed by atoms with Crippen molar-refractivity contribution < 1.29 is 22.4 Å². The molecule has 1 aliphatic heterocycles. The number of aryl methyl sites for hydroxylation is 2. The predicted molar refractivity (Wildman–Crippen MR) is 91.3 cm³/mol. The number of sulfonamides is 1. The van der Waals surface area contributed by atoms with E-state index in [9.17, 15) is 8.42 Å². The van der Waals surface area contributed by atoms with Gasteiger partial charge in [-0.3, -0.25) is 0 Å². The maximum absolute atomic E-state index is 12.8. The first-order valence-corrected chi connectivity index (χ1v) is 9.62. The highest BCUT2D eigenvalue weighted by atomic mass is 32.2. The van der Waals surface area contributed by atoms with Crippen LogP contribution in [0.4, 0.5) is 0 Å². The Morgan fingerprint density at radius 2 is 1.80 bits per heavy atom. The third kappa shape index (κ3) is 3.50. The van der Waals surface area contributed by atoms with E-state index in [1.807, 2.05) is 32.0 Å². The van der Waals surface area contributed by atoms with Crippen molar-refractivity contribution in [2.24, 2.45) is 5.92 Å². The van der Waals surface area contributed by atoms with E-state index >= 15 is 0 Å². The van der Waals surface area contributed by atoms with E-state index in [1.54, 1.807) is 13.8 Å². The zero-order chi connectivity index (χ0) is 18.2. The summed E-state index contributed by atoms with van der Waals surface area (Å²) in [6, 6.07) is 5.07. The lowest BCUT2D eigenvalue weighted by Crippen LogP contribution is -2.32. The standard InChI is InChI=1S/C17H22N2O5S/c1-10(2)16(13-5-6-14-15(9-13)23-8-7-22-14)19-25(20,21)17-11(3)18-24-12(17)4/h5-6,9-10,16,19H,7-8H2,1-4H3/t16-/m0/s1. The van der Waals surface area contributed by atoms with E-state index in [4.69, 9.17) is 14.0 Å². The van der Waals surface area contributed by atoms with Gasteiger partial charge in [0.05, 0.1) is 0 Å². The fourth-order valence-electron chi connectivity index (χ4n) is 2.93. The lowest BCUT2D eigenvalue weighted by molar-refractivity contribution is 0.171. The summed E-state index contributed by atoms with van der Waals surface area (Å²) >= 11 is 0. The van der Waals surface area contributed by atoms with Gasteiger partial charge in [-0.2, -0.15) is 0 Å². The van der Waals surface area contributed by atoms with Crippen LogP contribution in [0.15, 0.2) is 27.6 Å². The maximum atomic E-state index is 12.8. The Bertz CT molecular complexity index is 854. The summed E-state index contributed by atoms with van der Waals surface area (Å²) in [5.74, 6) is 1.60. The Balaban J connectivity index is 1.95. The summed E-state index contributed by atoms with van der Waals surface area (Å²) in [6.07, 6.45) is 0. The molecule has 1 aromatic carbocycles. The molecule has 1 N–H and O–H groups in total. The summed E-state index contributed by atoms with van der Waals surface area (Å²) in [5, 5.41) is 3.73. The van der Waals surface area contributed by atoms with Crippen molar-refractivity contribution in [3.05, 3.63) is 35.2 Å². The van der Waals surface area contributed by atoms with Crippen molar-refractivity contribution in [2.45, 2.75) is 38.6 Å². The van der Waals surface area contributed by atoms with Crippen LogP contribution in [0.1, 0.15) is 36.9 Å². The number of benzene rings is 1. The van der Waals surface area contributed by atoms with Crippen molar-refractivity contribution in [1.82, 2.24) is 9.88 Å². The first kappa shape index (κ1) is 17.8. The van der Waals surface area contributed by atoms with Crippen molar-refractivity contribution in [2.75, 3.05) is 13.2 Å². The van der Waals surface area contributed by atoms with Gasteiger partial charge in [0.15, 0.2) is 17.3 Å². The molecule has 0 unspecified atom stereocenters. The molecule has 0 bridgehead atoms. The molecule has 0 radical (unpaired) electrons. The smallest absolute Gasteiger partial charge is 0.246 e. The third-order valence-corrected chi connectivity index (χ3v) is 5.80. The zero-order valence-electron chi connectivity index (χ0n) is 14.7. The molecule has 0 aliphatic carbocycles. The van der Waals surface area contributed by atoms with Gasteiger partial charge in [-0.05, 0) is 37.5 Å². The van der Waals surface area contributed by atoms with E-state index < -0.39 is 16.1 Å². The Morgan fingerprint density at radius 1 is 1.12 bits per heavy atom. The van der Waals surface area contributed by atoms with E-state index in [0.717, 1.165) is 5.56 Å². The number of aromatic nitrogens is 1. The Labute approximate surface area is 147 Å². The third-order valence-electron chi connectivity index (χ3n) is 4.11. The number of nitrogens with zero attached hydrogens (tertiary/aromatic N) is 1. The molecule has 0 spiro atoms. The number of hydrogen-bond acceptors (Lipinski definition) is 6. The van der Waals surface area contributed by atoms with Gasteiger partial charge in [0, 0.05) is 6.04 Å². The van der Waals surface area contributed by atoms with E-state index in [1.165, 1.54) is 0 Å². The zero-order valence-corrected chi connectivity index (χ0v) is 15.5. The van der Waals surface area contributed by atoms with Crippen molar-refractivity contribution in [1.29, 1.82) is 0 Å². The number of fused-ring (bicyclic) bond motifs is 1. The second-order valence-corrected chi connectivity index (χ2v) is 8.05. The van der Waals surface area contributed by atoms with Gasteiger partial charge in [0.2, 0.25) is 10.0 Å². The minimum Gasteiger partial charge on any atom is -0.486 e. The average Bonchev–Trinajstić information content (AvgIpc) is 2.91. The quantitative estimate of drug-likeness (QED) is 0.875. The molecule has 3 rings (SSSR count). The van der Waals surface area contributed by atoms with Gasteiger partial charge < -0.3 is 14.0 Å². The predicted octanol–water partition coefficient (Wildman–Crippen LogP) is 2.74. The maximum Gasteiger partial charge on any atom is 0.246 e. The molecule has 25 heavy (non-hydrogen) atoms. The van der Waals surface area contributed by atoms with Gasteiger partial charge in [0.1, 0.15) is 23.8 Å². The van der Waals surface area contributed by atoms with Crippen molar-refractivity contribution in [3.63, 3.8) is 0 Å². The summed E-state index contributed by atoms with van der Waals surface area (Å²) in [4.78, 5) is 0.0932. The molecule has 0 saturated carbocycles. The van der Waals surface area contributed by atoms with Crippen LogP contribution in [0, 0.1) is 19.8 Å². The highest BCUT2D eigenvalue weighted by molar-refractivity contribution is 7.89. The topological polar surface area (TPSA) is 90.7 Å². The first-order chi connectivity index (χ1) is 11.8. The number of hydrogen-bond donors (Lipinski definition) is 1. The van der Waals surface area contributed by atoms with Gasteiger partial charge in [-0.1, -0.05) is 25.1 Å². The van der Waals surface area contributed by atoms with Crippen LogP contribution in [-0.2, 0) is 10.0 Å². The van der Waals surface area contributed by atoms with Crippen LogP contribution in [0.5, 0.6) is 11.5 Å². The second kappa shape index (κ2) is 6.68. The molecule has 0 saturated heterocycles. The largest absolute Gasteiger partial charge is 0.486 e. The van der Waals surface area contributed by atoms with Gasteiger partial charge in [-0.25, -0.2) is 13.1 Å². The molecule has 7 nitrogen and oxygen atoms in total. The molecule has 0 fully saturated rings. The number of ether oxygens (including phenoxy) is 2. The van der Waals surface area contributed by atoms with Crippen LogP contribution in [0.2, 0.25) is 0 Å². The fourth-order valence-corrected chi connectivity index (χ4v) is 4.63. The van der Waals surface area contributed by atoms with Gasteiger partial charge in [-0.15, -0.1) is 0 Å². The lowest BCUT2D eigenvalue weighted by atomic mass is 9.97. The minimum absolute atomic E-state index is 0.0257.